The van der Waals surface area contributed by atoms with Crippen molar-refractivity contribution >= 4 is 17.5 Å². The number of fused-ring (bicyclic) bond motifs is 1. The van der Waals surface area contributed by atoms with Crippen LogP contribution in [-0.2, 0) is 15.0 Å². The Morgan fingerprint density at radius 2 is 1.94 bits per heavy atom. The number of nitrogens with one attached hydrogen (secondary N) is 1. The van der Waals surface area contributed by atoms with E-state index in [9.17, 15) is 9.59 Å². The minimum Gasteiger partial charge on any atom is -0.353 e. The third-order valence-corrected chi connectivity index (χ3v) is 6.97. The molecule has 6 heteroatoms. The number of aromatic nitrogens is 2. The molecule has 0 bridgehead atoms. The number of benzene rings is 1. The lowest BCUT2D eigenvalue weighted by Crippen LogP contribution is -2.47. The SMILES string of the molecule is Cc1cccn2cc(C3(c4ccccc4)CCN(C(=O)C[C@@H]4CCC(=O)N4)CC3)nc12. The van der Waals surface area contributed by atoms with E-state index in [2.05, 4.69) is 53.2 Å². The summed E-state index contributed by atoms with van der Waals surface area (Å²) < 4.78 is 2.11. The summed E-state index contributed by atoms with van der Waals surface area (Å²) in [5.74, 6) is 0.196. The van der Waals surface area contributed by atoms with Gasteiger partial charge in [0.1, 0.15) is 5.65 Å². The third kappa shape index (κ3) is 3.60. The van der Waals surface area contributed by atoms with E-state index in [-0.39, 0.29) is 23.3 Å². The Bertz CT molecular complexity index is 1110. The van der Waals surface area contributed by atoms with Gasteiger partial charge in [0.2, 0.25) is 11.8 Å². The summed E-state index contributed by atoms with van der Waals surface area (Å²) in [5.41, 5.74) is 4.26. The Labute approximate surface area is 182 Å². The summed E-state index contributed by atoms with van der Waals surface area (Å²) in [5, 5.41) is 2.91. The first-order chi connectivity index (χ1) is 15.0. The summed E-state index contributed by atoms with van der Waals surface area (Å²) in [6.07, 6.45) is 7.56. The van der Waals surface area contributed by atoms with Gasteiger partial charge in [-0.1, -0.05) is 36.4 Å². The van der Waals surface area contributed by atoms with E-state index in [0.29, 0.717) is 25.9 Å². The lowest BCUT2D eigenvalue weighted by Gasteiger charge is -2.41. The highest BCUT2D eigenvalue weighted by molar-refractivity contribution is 5.82. The van der Waals surface area contributed by atoms with E-state index >= 15 is 0 Å². The van der Waals surface area contributed by atoms with Crippen molar-refractivity contribution in [2.24, 2.45) is 0 Å². The molecule has 5 rings (SSSR count). The molecule has 1 N–H and O–H groups in total. The van der Waals surface area contributed by atoms with Gasteiger partial charge in [-0.2, -0.15) is 0 Å². The Kier molecular flexibility index (Phi) is 5.00. The molecule has 2 aliphatic heterocycles. The maximum absolute atomic E-state index is 12.9. The average molecular weight is 417 g/mol. The summed E-state index contributed by atoms with van der Waals surface area (Å²) in [4.78, 5) is 31.4. The molecule has 0 spiro atoms. The van der Waals surface area contributed by atoms with Gasteiger partial charge in [0.25, 0.3) is 0 Å². The molecule has 2 aliphatic rings. The van der Waals surface area contributed by atoms with Crippen LogP contribution in [0, 0.1) is 6.92 Å². The molecule has 4 heterocycles. The zero-order valence-electron chi connectivity index (χ0n) is 17.9. The predicted molar refractivity (Wildman–Crippen MR) is 119 cm³/mol. The van der Waals surface area contributed by atoms with Crippen molar-refractivity contribution in [3.63, 3.8) is 0 Å². The van der Waals surface area contributed by atoms with Crippen LogP contribution in [0.4, 0.5) is 0 Å². The molecule has 2 aromatic heterocycles. The molecule has 2 fully saturated rings. The fourth-order valence-corrected chi connectivity index (χ4v) is 5.14. The number of rotatable bonds is 4. The van der Waals surface area contributed by atoms with E-state index in [0.717, 1.165) is 36.2 Å². The van der Waals surface area contributed by atoms with Crippen LogP contribution in [-0.4, -0.2) is 45.2 Å². The van der Waals surface area contributed by atoms with Crippen LogP contribution < -0.4 is 5.32 Å². The van der Waals surface area contributed by atoms with Gasteiger partial charge in [0.15, 0.2) is 0 Å². The minimum atomic E-state index is -0.210. The molecule has 2 saturated heterocycles. The first-order valence-corrected chi connectivity index (χ1v) is 11.1. The number of likely N-dealkylation sites (tertiary alicyclic amines) is 1. The second kappa shape index (κ2) is 7.84. The highest BCUT2D eigenvalue weighted by Gasteiger charge is 2.41. The number of carbonyl (C=O) groups excluding carboxylic acids is 2. The Balaban J connectivity index is 1.41. The van der Waals surface area contributed by atoms with Crippen LogP contribution in [0.5, 0.6) is 0 Å². The smallest absolute Gasteiger partial charge is 0.224 e. The molecule has 3 aromatic rings. The number of hydrogen-bond acceptors (Lipinski definition) is 3. The van der Waals surface area contributed by atoms with Gasteiger partial charge < -0.3 is 14.6 Å². The molecule has 0 saturated carbocycles. The maximum Gasteiger partial charge on any atom is 0.224 e. The monoisotopic (exact) mass is 416 g/mol. The van der Waals surface area contributed by atoms with Crippen molar-refractivity contribution in [3.05, 3.63) is 71.7 Å². The van der Waals surface area contributed by atoms with Gasteiger partial charge in [-0.3, -0.25) is 9.59 Å². The van der Waals surface area contributed by atoms with Gasteiger partial charge in [0.05, 0.1) is 5.69 Å². The van der Waals surface area contributed by atoms with Crippen molar-refractivity contribution in [1.82, 2.24) is 19.6 Å². The van der Waals surface area contributed by atoms with Crippen molar-refractivity contribution in [2.75, 3.05) is 13.1 Å². The normalized spacial score (nSPS) is 20.7. The van der Waals surface area contributed by atoms with E-state index in [1.807, 2.05) is 23.2 Å². The lowest BCUT2D eigenvalue weighted by molar-refractivity contribution is -0.133. The molecule has 0 unspecified atom stereocenters. The van der Waals surface area contributed by atoms with Crippen molar-refractivity contribution in [2.45, 2.75) is 50.5 Å². The predicted octanol–water partition coefficient (Wildman–Crippen LogP) is 3.22. The summed E-state index contributed by atoms with van der Waals surface area (Å²) in [6.45, 7) is 3.48. The van der Waals surface area contributed by atoms with Crippen LogP contribution >= 0.6 is 0 Å². The quantitative estimate of drug-likeness (QED) is 0.710. The molecule has 1 aromatic carbocycles. The van der Waals surface area contributed by atoms with Crippen LogP contribution in [0.3, 0.4) is 0 Å². The number of pyridine rings is 1. The van der Waals surface area contributed by atoms with Gasteiger partial charge in [-0.05, 0) is 43.4 Å². The fourth-order valence-electron chi connectivity index (χ4n) is 5.14. The van der Waals surface area contributed by atoms with E-state index in [4.69, 9.17) is 4.98 Å². The Hall–Kier alpha value is -3.15. The Morgan fingerprint density at radius 1 is 1.16 bits per heavy atom. The van der Waals surface area contributed by atoms with E-state index in [1.54, 1.807) is 0 Å². The highest BCUT2D eigenvalue weighted by atomic mass is 16.2. The highest BCUT2D eigenvalue weighted by Crippen LogP contribution is 2.41. The maximum atomic E-state index is 12.9. The molecule has 160 valence electrons. The van der Waals surface area contributed by atoms with Gasteiger partial charge in [-0.25, -0.2) is 4.98 Å². The third-order valence-electron chi connectivity index (χ3n) is 6.97. The van der Waals surface area contributed by atoms with Crippen molar-refractivity contribution < 1.29 is 9.59 Å². The zero-order chi connectivity index (χ0) is 21.4. The molecular formula is C25H28N4O2. The summed E-state index contributed by atoms with van der Waals surface area (Å²) >= 11 is 0. The second-order valence-electron chi connectivity index (χ2n) is 8.88. The van der Waals surface area contributed by atoms with E-state index in [1.165, 1.54) is 5.56 Å². The van der Waals surface area contributed by atoms with Gasteiger partial charge >= 0.3 is 0 Å². The second-order valence-corrected chi connectivity index (χ2v) is 8.88. The topological polar surface area (TPSA) is 66.7 Å². The molecular weight excluding hydrogens is 388 g/mol. The molecule has 2 amide bonds. The van der Waals surface area contributed by atoms with E-state index < -0.39 is 0 Å². The molecule has 0 radical (unpaired) electrons. The standard InChI is InChI=1S/C25H28N4O2/c1-18-6-5-13-29-17-21(27-24(18)29)25(19-7-3-2-4-8-19)11-14-28(15-12-25)23(31)16-20-9-10-22(30)26-20/h2-8,13,17,20H,9-12,14-16H2,1H3,(H,26,30)/t20-/m0/s1. The Morgan fingerprint density at radius 3 is 2.61 bits per heavy atom. The molecule has 6 nitrogen and oxygen atoms in total. The number of aryl methyl sites for hydroxylation is 1. The minimum absolute atomic E-state index is 0.0118. The van der Waals surface area contributed by atoms with Gasteiger partial charge in [0, 0.05) is 49.8 Å². The van der Waals surface area contributed by atoms with Crippen LogP contribution in [0.15, 0.2) is 54.9 Å². The zero-order valence-corrected chi connectivity index (χ0v) is 17.9. The number of piperidine rings is 1. The largest absolute Gasteiger partial charge is 0.353 e. The number of amides is 2. The average Bonchev–Trinajstić information content (AvgIpc) is 3.41. The van der Waals surface area contributed by atoms with Crippen LogP contribution in [0.25, 0.3) is 5.65 Å². The fraction of sp³-hybridized carbons (Fsp3) is 0.400. The first-order valence-electron chi connectivity index (χ1n) is 11.1. The van der Waals surface area contributed by atoms with Gasteiger partial charge in [-0.15, -0.1) is 0 Å². The van der Waals surface area contributed by atoms with Crippen LogP contribution in [0.1, 0.15) is 48.9 Å². The van der Waals surface area contributed by atoms with Crippen molar-refractivity contribution in [3.8, 4) is 0 Å². The molecule has 31 heavy (non-hydrogen) atoms. The van der Waals surface area contributed by atoms with Crippen LogP contribution in [0.2, 0.25) is 0 Å². The lowest BCUT2D eigenvalue weighted by atomic mass is 9.70. The number of nitrogens with zero attached hydrogens (tertiary/aromatic N) is 3. The number of hydrogen-bond donors (Lipinski definition) is 1. The number of imidazole rings is 1. The molecule has 1 atom stereocenters. The first kappa shape index (κ1) is 19.8. The van der Waals surface area contributed by atoms with Crippen molar-refractivity contribution in [1.29, 1.82) is 0 Å². The number of carbonyl (C=O) groups is 2. The summed E-state index contributed by atoms with van der Waals surface area (Å²) in [6, 6.07) is 14.7. The molecule has 0 aliphatic carbocycles. The summed E-state index contributed by atoms with van der Waals surface area (Å²) in [7, 11) is 0.